The summed E-state index contributed by atoms with van der Waals surface area (Å²) in [6.07, 6.45) is 2.87. The molecule has 6 nitrogen and oxygen atoms in total. The van der Waals surface area contributed by atoms with E-state index in [1.807, 2.05) is 11.8 Å². The third kappa shape index (κ3) is 7.32. The summed E-state index contributed by atoms with van der Waals surface area (Å²) in [6.45, 7) is 5.22. The van der Waals surface area contributed by atoms with E-state index in [0.717, 1.165) is 32.5 Å². The molecule has 6 heteroatoms. The van der Waals surface area contributed by atoms with Gasteiger partial charge in [0, 0.05) is 32.6 Å². The first-order valence-corrected chi connectivity index (χ1v) is 7.77. The monoisotopic (exact) mass is 299 g/mol. The number of hydrogen-bond acceptors (Lipinski definition) is 3. The third-order valence-electron chi connectivity index (χ3n) is 3.98. The third-order valence-corrected chi connectivity index (χ3v) is 3.98. The average molecular weight is 299 g/mol. The van der Waals surface area contributed by atoms with Crippen LogP contribution in [-0.4, -0.2) is 67.2 Å². The molecule has 0 radical (unpaired) electrons. The second-order valence-corrected chi connectivity index (χ2v) is 6.42. The van der Waals surface area contributed by atoms with Crippen molar-refractivity contribution in [2.75, 3.05) is 40.3 Å². The first-order chi connectivity index (χ1) is 9.88. The molecule has 1 fully saturated rings. The Labute approximate surface area is 127 Å². The molecule has 0 aromatic carbocycles. The summed E-state index contributed by atoms with van der Waals surface area (Å²) in [4.78, 5) is 26.6. The fourth-order valence-electron chi connectivity index (χ4n) is 2.68. The van der Waals surface area contributed by atoms with E-state index >= 15 is 0 Å². The summed E-state index contributed by atoms with van der Waals surface area (Å²) in [5, 5.41) is 11.5. The number of carbonyl (C=O) groups is 2. The number of carbonyl (C=O) groups excluding carboxylic acids is 1. The van der Waals surface area contributed by atoms with Crippen LogP contribution in [0.3, 0.4) is 0 Å². The first-order valence-electron chi connectivity index (χ1n) is 7.77. The molecule has 1 heterocycles. The number of piperidine rings is 1. The van der Waals surface area contributed by atoms with Gasteiger partial charge in [-0.3, -0.25) is 4.79 Å². The smallest absolute Gasteiger partial charge is 0.317 e. The molecule has 122 valence electrons. The Balaban J connectivity index is 2.20. The van der Waals surface area contributed by atoms with E-state index in [1.54, 1.807) is 0 Å². The predicted octanol–water partition coefficient (Wildman–Crippen LogP) is 1.47. The second-order valence-electron chi connectivity index (χ2n) is 6.42. The molecule has 0 aromatic rings. The maximum Gasteiger partial charge on any atom is 0.317 e. The zero-order valence-electron chi connectivity index (χ0n) is 13.5. The quantitative estimate of drug-likeness (QED) is 0.746. The van der Waals surface area contributed by atoms with Crippen molar-refractivity contribution in [3.05, 3.63) is 0 Å². The number of likely N-dealkylation sites (tertiary alicyclic amines) is 1. The molecule has 0 saturated carbocycles. The van der Waals surface area contributed by atoms with Crippen molar-refractivity contribution in [1.82, 2.24) is 15.1 Å². The molecule has 2 N–H and O–H groups in total. The van der Waals surface area contributed by atoms with Crippen LogP contribution in [0.2, 0.25) is 0 Å². The maximum absolute atomic E-state index is 12.1. The minimum atomic E-state index is -0.781. The molecule has 2 amide bonds. The molecule has 1 unspecified atom stereocenters. The van der Waals surface area contributed by atoms with Crippen LogP contribution < -0.4 is 5.32 Å². The van der Waals surface area contributed by atoms with Crippen LogP contribution in [0.25, 0.3) is 0 Å². The summed E-state index contributed by atoms with van der Waals surface area (Å²) in [5.74, 6) is 0.0889. The predicted molar refractivity (Wildman–Crippen MR) is 82.3 cm³/mol. The SMILES string of the molecule is CC(CCC(=O)O)CNC(=O)N1CCC(CN(C)C)CC1. The lowest BCUT2D eigenvalue weighted by Gasteiger charge is -2.33. The van der Waals surface area contributed by atoms with Gasteiger partial charge in [0.1, 0.15) is 0 Å². The number of rotatable bonds is 7. The summed E-state index contributed by atoms with van der Waals surface area (Å²) in [6, 6.07) is -0.0134. The van der Waals surface area contributed by atoms with Gasteiger partial charge in [0.05, 0.1) is 0 Å². The highest BCUT2D eigenvalue weighted by Gasteiger charge is 2.23. The summed E-state index contributed by atoms with van der Waals surface area (Å²) in [7, 11) is 4.16. The van der Waals surface area contributed by atoms with Crippen LogP contribution in [-0.2, 0) is 4.79 Å². The van der Waals surface area contributed by atoms with Crippen molar-refractivity contribution in [2.45, 2.75) is 32.6 Å². The molecule has 1 aliphatic heterocycles. The Morgan fingerprint density at radius 3 is 2.48 bits per heavy atom. The molecular weight excluding hydrogens is 270 g/mol. The van der Waals surface area contributed by atoms with Gasteiger partial charge in [0.25, 0.3) is 0 Å². The highest BCUT2D eigenvalue weighted by atomic mass is 16.4. The zero-order chi connectivity index (χ0) is 15.8. The number of hydrogen-bond donors (Lipinski definition) is 2. The molecule has 1 saturated heterocycles. The van der Waals surface area contributed by atoms with Crippen molar-refractivity contribution < 1.29 is 14.7 Å². The van der Waals surface area contributed by atoms with Gasteiger partial charge in [-0.25, -0.2) is 4.79 Å². The molecule has 1 atom stereocenters. The standard InChI is InChI=1S/C15H29N3O3/c1-12(4-5-14(19)20)10-16-15(21)18-8-6-13(7-9-18)11-17(2)3/h12-13H,4-11H2,1-3H3,(H,16,21)(H,19,20). The highest BCUT2D eigenvalue weighted by molar-refractivity contribution is 5.74. The van der Waals surface area contributed by atoms with Gasteiger partial charge >= 0.3 is 12.0 Å². The number of nitrogens with one attached hydrogen (secondary N) is 1. The minimum Gasteiger partial charge on any atom is -0.481 e. The number of amides is 2. The molecule has 0 spiro atoms. The highest BCUT2D eigenvalue weighted by Crippen LogP contribution is 2.17. The Morgan fingerprint density at radius 1 is 1.33 bits per heavy atom. The Kier molecular flexibility index (Phi) is 7.50. The minimum absolute atomic E-state index is 0.0134. The lowest BCUT2D eigenvalue weighted by atomic mass is 9.96. The van der Waals surface area contributed by atoms with E-state index in [-0.39, 0.29) is 18.4 Å². The molecule has 1 aliphatic rings. The van der Waals surface area contributed by atoms with Crippen molar-refractivity contribution in [2.24, 2.45) is 11.8 Å². The number of urea groups is 1. The van der Waals surface area contributed by atoms with Gasteiger partial charge in [0.15, 0.2) is 0 Å². The molecule has 21 heavy (non-hydrogen) atoms. The summed E-state index contributed by atoms with van der Waals surface area (Å²) >= 11 is 0. The van der Waals surface area contributed by atoms with Gasteiger partial charge in [-0.2, -0.15) is 0 Å². The lowest BCUT2D eigenvalue weighted by Crippen LogP contribution is -2.46. The van der Waals surface area contributed by atoms with E-state index < -0.39 is 5.97 Å². The van der Waals surface area contributed by atoms with Crippen molar-refractivity contribution in [3.8, 4) is 0 Å². The Morgan fingerprint density at radius 2 is 1.95 bits per heavy atom. The average Bonchev–Trinajstić information content (AvgIpc) is 2.42. The number of carboxylic acid groups (broad SMARTS) is 1. The van der Waals surface area contributed by atoms with E-state index in [0.29, 0.717) is 18.9 Å². The van der Waals surface area contributed by atoms with E-state index in [2.05, 4.69) is 24.3 Å². The number of aliphatic carboxylic acids is 1. The van der Waals surface area contributed by atoms with Crippen LogP contribution in [0.5, 0.6) is 0 Å². The van der Waals surface area contributed by atoms with E-state index in [4.69, 9.17) is 5.11 Å². The van der Waals surface area contributed by atoms with Crippen LogP contribution in [0, 0.1) is 11.8 Å². The molecule has 0 bridgehead atoms. The second kappa shape index (κ2) is 8.87. The van der Waals surface area contributed by atoms with Gasteiger partial charge in [0.2, 0.25) is 0 Å². The van der Waals surface area contributed by atoms with E-state index in [1.165, 1.54) is 0 Å². The molecule has 0 aliphatic carbocycles. The van der Waals surface area contributed by atoms with Crippen molar-refractivity contribution >= 4 is 12.0 Å². The fraction of sp³-hybridized carbons (Fsp3) is 0.867. The normalized spacial score (nSPS) is 17.8. The van der Waals surface area contributed by atoms with Crippen molar-refractivity contribution in [3.63, 3.8) is 0 Å². The fourth-order valence-corrected chi connectivity index (χ4v) is 2.68. The maximum atomic E-state index is 12.1. The van der Waals surface area contributed by atoms with Gasteiger partial charge in [-0.15, -0.1) is 0 Å². The molecule has 1 rings (SSSR count). The van der Waals surface area contributed by atoms with Crippen molar-refractivity contribution in [1.29, 1.82) is 0 Å². The van der Waals surface area contributed by atoms with Crippen LogP contribution in [0.1, 0.15) is 32.6 Å². The Bertz CT molecular complexity index is 339. The number of nitrogens with zero attached hydrogens (tertiary/aromatic N) is 2. The summed E-state index contributed by atoms with van der Waals surface area (Å²) < 4.78 is 0. The van der Waals surface area contributed by atoms with E-state index in [9.17, 15) is 9.59 Å². The van der Waals surface area contributed by atoms with Crippen LogP contribution in [0.15, 0.2) is 0 Å². The van der Waals surface area contributed by atoms with Gasteiger partial charge in [-0.05, 0) is 45.2 Å². The molecular formula is C15H29N3O3. The van der Waals surface area contributed by atoms with Crippen LogP contribution in [0.4, 0.5) is 4.79 Å². The number of carboxylic acids is 1. The van der Waals surface area contributed by atoms with Gasteiger partial charge in [-0.1, -0.05) is 6.92 Å². The Hall–Kier alpha value is -1.30. The lowest BCUT2D eigenvalue weighted by molar-refractivity contribution is -0.137. The largest absolute Gasteiger partial charge is 0.481 e. The first kappa shape index (κ1) is 17.8. The topological polar surface area (TPSA) is 72.9 Å². The summed E-state index contributed by atoms with van der Waals surface area (Å²) in [5.41, 5.74) is 0. The van der Waals surface area contributed by atoms with Crippen LogP contribution >= 0.6 is 0 Å². The molecule has 0 aromatic heterocycles. The zero-order valence-corrected chi connectivity index (χ0v) is 13.5. The van der Waals surface area contributed by atoms with Gasteiger partial charge < -0.3 is 20.2 Å².